The predicted molar refractivity (Wildman–Crippen MR) is 58.1 cm³/mol. The van der Waals surface area contributed by atoms with Crippen molar-refractivity contribution in [3.05, 3.63) is 35.9 Å². The molecule has 3 heteroatoms. The molecule has 0 radical (unpaired) electrons. The quantitative estimate of drug-likeness (QED) is 0.575. The fourth-order valence-corrected chi connectivity index (χ4v) is 2.33. The van der Waals surface area contributed by atoms with Gasteiger partial charge in [-0.05, 0) is 30.9 Å². The lowest BCUT2D eigenvalue weighted by Gasteiger charge is -2.11. The zero-order valence-electron chi connectivity index (χ0n) is 8.96. The van der Waals surface area contributed by atoms with Crippen LogP contribution in [0.4, 0.5) is 0 Å². The molecule has 2 unspecified atom stereocenters. The molecule has 2 aliphatic rings. The highest BCUT2D eigenvalue weighted by atomic mass is 16.6. The molecule has 3 nitrogen and oxygen atoms in total. The van der Waals surface area contributed by atoms with Crippen molar-refractivity contribution in [3.8, 4) is 0 Å². The van der Waals surface area contributed by atoms with E-state index in [0.717, 1.165) is 12.8 Å². The molecule has 1 saturated heterocycles. The highest BCUT2D eigenvalue weighted by Gasteiger charge is 2.48. The van der Waals surface area contributed by atoms with Gasteiger partial charge in [0, 0.05) is 0 Å². The summed E-state index contributed by atoms with van der Waals surface area (Å²) in [4.78, 5) is 11.6. The number of hydrogen-bond donors (Lipinski definition) is 0. The van der Waals surface area contributed by atoms with Gasteiger partial charge in [-0.3, -0.25) is 0 Å². The van der Waals surface area contributed by atoms with E-state index in [1.807, 2.05) is 18.2 Å². The lowest BCUT2D eigenvalue weighted by atomic mass is 10.1. The Morgan fingerprint density at radius 3 is 2.62 bits per heavy atom. The number of benzene rings is 1. The van der Waals surface area contributed by atoms with Gasteiger partial charge in [0.05, 0.1) is 24.4 Å². The zero-order valence-corrected chi connectivity index (χ0v) is 8.96. The summed E-state index contributed by atoms with van der Waals surface area (Å²) in [7, 11) is 0. The van der Waals surface area contributed by atoms with Crippen LogP contribution < -0.4 is 0 Å². The Hall–Kier alpha value is -1.35. The van der Waals surface area contributed by atoms with Crippen LogP contribution in [0.1, 0.15) is 23.2 Å². The second-order valence-corrected chi connectivity index (χ2v) is 4.51. The van der Waals surface area contributed by atoms with Crippen molar-refractivity contribution in [1.82, 2.24) is 0 Å². The van der Waals surface area contributed by atoms with Crippen LogP contribution in [0.15, 0.2) is 30.3 Å². The summed E-state index contributed by atoms with van der Waals surface area (Å²) in [6.07, 6.45) is 3.01. The lowest BCUT2D eigenvalue weighted by Crippen LogP contribution is -2.13. The number of fused-ring (bicyclic) bond motifs is 1. The molecule has 0 spiro atoms. The smallest absolute Gasteiger partial charge is 0.338 e. The first-order valence-corrected chi connectivity index (χ1v) is 5.70. The third-order valence-corrected chi connectivity index (χ3v) is 3.28. The van der Waals surface area contributed by atoms with Gasteiger partial charge < -0.3 is 9.47 Å². The van der Waals surface area contributed by atoms with Crippen molar-refractivity contribution in [2.45, 2.75) is 25.0 Å². The van der Waals surface area contributed by atoms with Gasteiger partial charge in [0.1, 0.15) is 0 Å². The van der Waals surface area contributed by atoms with Crippen LogP contribution in [-0.4, -0.2) is 24.8 Å². The molecule has 1 aromatic carbocycles. The standard InChI is InChI=1S/C13H14O3/c14-13(10-4-2-1-3-5-10)15-8-9-6-11-12(7-9)16-11/h1-5,9,11-12H,6-8H2. The molecule has 1 aliphatic carbocycles. The van der Waals surface area contributed by atoms with E-state index in [2.05, 4.69) is 0 Å². The average Bonchev–Trinajstić information content (AvgIpc) is 2.95. The number of epoxide rings is 1. The van der Waals surface area contributed by atoms with Crippen molar-refractivity contribution >= 4 is 5.97 Å². The number of carbonyl (C=O) groups excluding carboxylic acids is 1. The van der Waals surface area contributed by atoms with Gasteiger partial charge in [-0.2, -0.15) is 0 Å². The second kappa shape index (κ2) is 3.91. The lowest BCUT2D eigenvalue weighted by molar-refractivity contribution is 0.0415. The van der Waals surface area contributed by atoms with Crippen molar-refractivity contribution in [2.24, 2.45) is 5.92 Å². The predicted octanol–water partition coefficient (Wildman–Crippen LogP) is 2.02. The molecule has 3 rings (SSSR count). The average molecular weight is 218 g/mol. The summed E-state index contributed by atoms with van der Waals surface area (Å²) >= 11 is 0. The van der Waals surface area contributed by atoms with Crippen LogP contribution in [-0.2, 0) is 9.47 Å². The molecule has 0 N–H and O–H groups in total. The first-order chi connectivity index (χ1) is 7.83. The molecule has 0 aromatic heterocycles. The summed E-state index contributed by atoms with van der Waals surface area (Å²) in [5.74, 6) is 0.276. The minimum absolute atomic E-state index is 0.220. The fourth-order valence-electron chi connectivity index (χ4n) is 2.33. The Kier molecular flexibility index (Phi) is 2.40. The summed E-state index contributed by atoms with van der Waals surface area (Å²) in [6, 6.07) is 9.12. The van der Waals surface area contributed by atoms with E-state index in [0.29, 0.717) is 30.3 Å². The Balaban J connectivity index is 1.50. The monoisotopic (exact) mass is 218 g/mol. The number of rotatable bonds is 3. The van der Waals surface area contributed by atoms with Crippen LogP contribution in [0, 0.1) is 5.92 Å². The van der Waals surface area contributed by atoms with Gasteiger partial charge >= 0.3 is 5.97 Å². The van der Waals surface area contributed by atoms with E-state index in [-0.39, 0.29) is 5.97 Å². The summed E-state index contributed by atoms with van der Waals surface area (Å²) < 4.78 is 10.6. The van der Waals surface area contributed by atoms with E-state index in [1.54, 1.807) is 12.1 Å². The first-order valence-electron chi connectivity index (χ1n) is 5.70. The third kappa shape index (κ3) is 1.95. The molecule has 84 valence electrons. The van der Waals surface area contributed by atoms with Gasteiger partial charge in [-0.25, -0.2) is 4.79 Å². The number of esters is 1. The molecule has 16 heavy (non-hydrogen) atoms. The summed E-state index contributed by atoms with van der Waals surface area (Å²) in [6.45, 7) is 0.532. The topological polar surface area (TPSA) is 38.8 Å². The van der Waals surface area contributed by atoms with E-state index < -0.39 is 0 Å². The molecule has 2 fully saturated rings. The highest BCUT2D eigenvalue weighted by Crippen LogP contribution is 2.42. The van der Waals surface area contributed by atoms with Crippen LogP contribution in [0.3, 0.4) is 0 Å². The molecule has 1 heterocycles. The van der Waals surface area contributed by atoms with Crippen molar-refractivity contribution in [2.75, 3.05) is 6.61 Å². The van der Waals surface area contributed by atoms with Crippen molar-refractivity contribution in [3.63, 3.8) is 0 Å². The number of hydrogen-bond acceptors (Lipinski definition) is 3. The van der Waals surface area contributed by atoms with Gasteiger partial charge in [0.2, 0.25) is 0 Å². The Morgan fingerprint density at radius 2 is 1.94 bits per heavy atom. The normalized spacial score (nSPS) is 30.9. The van der Waals surface area contributed by atoms with E-state index in [4.69, 9.17) is 9.47 Å². The Bertz CT molecular complexity index is 377. The van der Waals surface area contributed by atoms with Crippen LogP contribution in [0.5, 0.6) is 0 Å². The molecule has 0 bridgehead atoms. The Morgan fingerprint density at radius 1 is 1.25 bits per heavy atom. The van der Waals surface area contributed by atoms with Crippen molar-refractivity contribution in [1.29, 1.82) is 0 Å². The van der Waals surface area contributed by atoms with E-state index in [1.165, 1.54) is 0 Å². The fraction of sp³-hybridized carbons (Fsp3) is 0.462. The van der Waals surface area contributed by atoms with Crippen molar-refractivity contribution < 1.29 is 14.3 Å². The van der Waals surface area contributed by atoms with Crippen LogP contribution in [0.25, 0.3) is 0 Å². The maximum absolute atomic E-state index is 11.6. The molecular formula is C13H14O3. The largest absolute Gasteiger partial charge is 0.462 e. The third-order valence-electron chi connectivity index (χ3n) is 3.28. The minimum Gasteiger partial charge on any atom is -0.462 e. The molecule has 1 aliphatic heterocycles. The molecule has 1 saturated carbocycles. The maximum Gasteiger partial charge on any atom is 0.338 e. The van der Waals surface area contributed by atoms with Crippen LogP contribution >= 0.6 is 0 Å². The zero-order chi connectivity index (χ0) is 11.0. The van der Waals surface area contributed by atoms with Gasteiger partial charge in [0.25, 0.3) is 0 Å². The first kappa shape index (κ1) is 9.85. The summed E-state index contributed by atoms with van der Waals surface area (Å²) in [5, 5.41) is 0. The van der Waals surface area contributed by atoms with E-state index in [9.17, 15) is 4.79 Å². The Labute approximate surface area is 94.4 Å². The minimum atomic E-state index is -0.220. The molecule has 2 atom stereocenters. The van der Waals surface area contributed by atoms with Gasteiger partial charge in [-0.1, -0.05) is 18.2 Å². The van der Waals surface area contributed by atoms with Gasteiger partial charge in [0.15, 0.2) is 0 Å². The van der Waals surface area contributed by atoms with Crippen LogP contribution in [0.2, 0.25) is 0 Å². The molecule has 1 aromatic rings. The SMILES string of the molecule is O=C(OCC1CC2OC2C1)c1ccccc1. The number of carbonyl (C=O) groups is 1. The summed E-state index contributed by atoms with van der Waals surface area (Å²) in [5.41, 5.74) is 0.627. The van der Waals surface area contributed by atoms with Gasteiger partial charge in [-0.15, -0.1) is 0 Å². The molecule has 0 amide bonds. The maximum atomic E-state index is 11.6. The van der Waals surface area contributed by atoms with E-state index >= 15 is 0 Å². The highest BCUT2D eigenvalue weighted by molar-refractivity contribution is 5.89. The molecular weight excluding hydrogens is 204 g/mol. The second-order valence-electron chi connectivity index (χ2n) is 4.51. The number of ether oxygens (including phenoxy) is 2.